The van der Waals surface area contributed by atoms with Gasteiger partial charge in [0.2, 0.25) is 11.8 Å². The minimum Gasteiger partial charge on any atom is -0.486 e. The summed E-state index contributed by atoms with van der Waals surface area (Å²) >= 11 is 0. The zero-order chi connectivity index (χ0) is 28.5. The number of rotatable bonds is 12. The lowest BCUT2D eigenvalue weighted by Crippen LogP contribution is -2.51. The number of carbonyl (C=O) groups excluding carboxylic acids is 2. The van der Waals surface area contributed by atoms with Gasteiger partial charge in [-0.05, 0) is 43.2 Å². The van der Waals surface area contributed by atoms with Crippen LogP contribution < -0.4 is 19.1 Å². The van der Waals surface area contributed by atoms with Gasteiger partial charge in [0.15, 0.2) is 11.5 Å². The summed E-state index contributed by atoms with van der Waals surface area (Å²) in [5.74, 6) is 0.0849. The molecule has 1 aliphatic heterocycles. The number of nitrogens with zero attached hydrogens (tertiary/aromatic N) is 2. The molecule has 2 amide bonds. The van der Waals surface area contributed by atoms with Gasteiger partial charge in [0.1, 0.15) is 25.8 Å². The fraction of sp³-hybridized carbons (Fsp3) is 0.333. The Balaban J connectivity index is 1.69. The van der Waals surface area contributed by atoms with Crippen LogP contribution in [0.5, 0.6) is 11.5 Å². The van der Waals surface area contributed by atoms with E-state index in [4.69, 9.17) is 9.47 Å². The molecule has 3 aromatic rings. The molecule has 1 aliphatic rings. The summed E-state index contributed by atoms with van der Waals surface area (Å²) in [7, 11) is -4.16. The normalized spacial score (nSPS) is 13.2. The molecule has 0 fully saturated rings. The zero-order valence-corrected chi connectivity index (χ0v) is 23.6. The first-order valence-electron chi connectivity index (χ1n) is 13.4. The van der Waals surface area contributed by atoms with Crippen LogP contribution >= 0.6 is 0 Å². The second-order valence-electron chi connectivity index (χ2n) is 9.48. The first kappa shape index (κ1) is 28.9. The summed E-state index contributed by atoms with van der Waals surface area (Å²) in [6.07, 6.45) is 1.74. The highest BCUT2D eigenvalue weighted by atomic mass is 32.2. The van der Waals surface area contributed by atoms with Crippen molar-refractivity contribution in [1.29, 1.82) is 0 Å². The molecule has 4 rings (SSSR count). The van der Waals surface area contributed by atoms with Crippen LogP contribution in [0.4, 0.5) is 5.69 Å². The van der Waals surface area contributed by atoms with Crippen molar-refractivity contribution in [2.24, 2.45) is 0 Å². The first-order valence-corrected chi connectivity index (χ1v) is 14.8. The largest absolute Gasteiger partial charge is 0.486 e. The fourth-order valence-corrected chi connectivity index (χ4v) is 5.76. The number of ether oxygens (including phenoxy) is 2. The van der Waals surface area contributed by atoms with E-state index in [1.165, 1.54) is 17.0 Å². The highest BCUT2D eigenvalue weighted by Crippen LogP contribution is 2.36. The van der Waals surface area contributed by atoms with E-state index >= 15 is 0 Å². The number of sulfonamides is 1. The molecule has 0 saturated heterocycles. The van der Waals surface area contributed by atoms with Gasteiger partial charge < -0.3 is 19.7 Å². The van der Waals surface area contributed by atoms with Crippen LogP contribution in [0, 0.1) is 0 Å². The van der Waals surface area contributed by atoms with Crippen molar-refractivity contribution in [2.45, 2.75) is 44.2 Å². The molecule has 9 nitrogen and oxygen atoms in total. The maximum atomic E-state index is 14.0. The molecule has 3 aromatic carbocycles. The van der Waals surface area contributed by atoms with Crippen LogP contribution in [-0.2, 0) is 26.2 Å². The molecule has 1 N–H and O–H groups in total. The fourth-order valence-electron chi connectivity index (χ4n) is 4.33. The van der Waals surface area contributed by atoms with E-state index in [1.807, 2.05) is 37.3 Å². The van der Waals surface area contributed by atoms with Crippen molar-refractivity contribution in [2.75, 3.05) is 30.6 Å². The third-order valence-corrected chi connectivity index (χ3v) is 8.40. The van der Waals surface area contributed by atoms with Crippen LogP contribution in [0.2, 0.25) is 0 Å². The van der Waals surface area contributed by atoms with Crippen molar-refractivity contribution >= 4 is 27.5 Å². The van der Waals surface area contributed by atoms with Crippen molar-refractivity contribution < 1.29 is 27.5 Å². The SMILES string of the molecule is CCCCNC(=O)[C@H](C)N(Cc1ccccc1)C(=O)CN(c1ccc2c(c1)OCCO2)S(=O)(=O)c1ccccc1. The van der Waals surface area contributed by atoms with E-state index in [1.54, 1.807) is 43.3 Å². The molecule has 1 heterocycles. The van der Waals surface area contributed by atoms with E-state index in [-0.39, 0.29) is 23.0 Å². The van der Waals surface area contributed by atoms with Gasteiger partial charge in [0, 0.05) is 19.2 Å². The third-order valence-electron chi connectivity index (χ3n) is 6.62. The third kappa shape index (κ3) is 6.93. The number of benzene rings is 3. The Morgan fingerprint density at radius 1 is 0.925 bits per heavy atom. The molecular formula is C30H35N3O6S. The number of nitrogens with one attached hydrogen (secondary N) is 1. The van der Waals surface area contributed by atoms with E-state index in [0.717, 1.165) is 22.7 Å². The van der Waals surface area contributed by atoms with Crippen molar-refractivity contribution in [3.63, 3.8) is 0 Å². The lowest BCUT2D eigenvalue weighted by molar-refractivity contribution is -0.139. The summed E-state index contributed by atoms with van der Waals surface area (Å²) in [5, 5.41) is 2.88. The van der Waals surface area contributed by atoms with Gasteiger partial charge in [-0.25, -0.2) is 8.42 Å². The monoisotopic (exact) mass is 565 g/mol. The van der Waals surface area contributed by atoms with E-state index in [0.29, 0.717) is 31.3 Å². The standard InChI is InChI=1S/C30H35N3O6S/c1-3-4-17-31-30(35)23(2)32(21-24-11-7-5-8-12-24)29(34)22-33(40(36,37)26-13-9-6-10-14-26)25-15-16-27-28(20-25)39-19-18-38-27/h5-16,20,23H,3-4,17-19,21-22H2,1-2H3,(H,31,35)/t23-/m0/s1. The summed E-state index contributed by atoms with van der Waals surface area (Å²) in [4.78, 5) is 28.4. The minimum absolute atomic E-state index is 0.0395. The smallest absolute Gasteiger partial charge is 0.264 e. The summed E-state index contributed by atoms with van der Waals surface area (Å²) in [6, 6.07) is 21.2. The minimum atomic E-state index is -4.16. The number of unbranched alkanes of at least 4 members (excludes halogenated alkanes) is 1. The Morgan fingerprint density at radius 3 is 2.25 bits per heavy atom. The number of anilines is 1. The second kappa shape index (κ2) is 13.3. The zero-order valence-electron chi connectivity index (χ0n) is 22.8. The average Bonchev–Trinajstić information content (AvgIpc) is 2.99. The van der Waals surface area contributed by atoms with Gasteiger partial charge in [-0.15, -0.1) is 0 Å². The number of fused-ring (bicyclic) bond motifs is 1. The number of hydrogen-bond donors (Lipinski definition) is 1. The summed E-state index contributed by atoms with van der Waals surface area (Å²) in [5.41, 5.74) is 1.07. The topological polar surface area (TPSA) is 105 Å². The molecule has 1 atom stereocenters. The van der Waals surface area contributed by atoms with Crippen molar-refractivity contribution in [1.82, 2.24) is 10.2 Å². The van der Waals surface area contributed by atoms with Crippen LogP contribution in [0.1, 0.15) is 32.3 Å². The quantitative estimate of drug-likeness (QED) is 0.333. The predicted octanol–water partition coefficient (Wildman–Crippen LogP) is 3.99. The van der Waals surface area contributed by atoms with Gasteiger partial charge in [0.25, 0.3) is 10.0 Å². The first-order chi connectivity index (χ1) is 19.3. The molecule has 0 aliphatic carbocycles. The molecule has 0 aromatic heterocycles. The highest BCUT2D eigenvalue weighted by molar-refractivity contribution is 7.92. The van der Waals surface area contributed by atoms with E-state index in [2.05, 4.69) is 5.32 Å². The molecule has 0 saturated carbocycles. The molecular weight excluding hydrogens is 530 g/mol. The van der Waals surface area contributed by atoms with Crippen LogP contribution in [-0.4, -0.2) is 57.5 Å². The maximum Gasteiger partial charge on any atom is 0.264 e. The Labute approximate surface area is 235 Å². The number of amides is 2. The lowest BCUT2D eigenvalue weighted by atomic mass is 10.1. The van der Waals surface area contributed by atoms with Crippen LogP contribution in [0.25, 0.3) is 0 Å². The Bertz CT molecular complexity index is 1400. The predicted molar refractivity (Wildman–Crippen MR) is 153 cm³/mol. The number of hydrogen-bond acceptors (Lipinski definition) is 6. The average molecular weight is 566 g/mol. The van der Waals surface area contributed by atoms with Crippen molar-refractivity contribution in [3.05, 3.63) is 84.4 Å². The van der Waals surface area contributed by atoms with E-state index in [9.17, 15) is 18.0 Å². The summed E-state index contributed by atoms with van der Waals surface area (Å²) in [6.45, 7) is 4.53. The molecule has 0 unspecified atom stereocenters. The maximum absolute atomic E-state index is 14.0. The number of carbonyl (C=O) groups is 2. The van der Waals surface area contributed by atoms with Crippen LogP contribution in [0.3, 0.4) is 0 Å². The second-order valence-corrected chi connectivity index (χ2v) is 11.3. The van der Waals surface area contributed by atoms with Gasteiger partial charge in [-0.2, -0.15) is 0 Å². The molecule has 10 heteroatoms. The molecule has 40 heavy (non-hydrogen) atoms. The van der Waals surface area contributed by atoms with Gasteiger partial charge in [0.05, 0.1) is 10.6 Å². The van der Waals surface area contributed by atoms with Gasteiger partial charge in [-0.1, -0.05) is 61.9 Å². The summed E-state index contributed by atoms with van der Waals surface area (Å²) < 4.78 is 40.1. The van der Waals surface area contributed by atoms with Crippen LogP contribution in [0.15, 0.2) is 83.8 Å². The van der Waals surface area contributed by atoms with Gasteiger partial charge in [-0.3, -0.25) is 13.9 Å². The molecule has 0 bridgehead atoms. The molecule has 0 radical (unpaired) electrons. The molecule has 0 spiro atoms. The Morgan fingerprint density at radius 2 is 1.57 bits per heavy atom. The van der Waals surface area contributed by atoms with Crippen molar-refractivity contribution in [3.8, 4) is 11.5 Å². The molecule has 212 valence electrons. The van der Waals surface area contributed by atoms with Gasteiger partial charge >= 0.3 is 0 Å². The highest BCUT2D eigenvalue weighted by Gasteiger charge is 2.33. The van der Waals surface area contributed by atoms with E-state index < -0.39 is 28.5 Å². The Hall–Kier alpha value is -4.05. The lowest BCUT2D eigenvalue weighted by Gasteiger charge is -2.32. The Kier molecular flexibility index (Phi) is 9.65.